The lowest BCUT2D eigenvalue weighted by molar-refractivity contribution is -0.141. The van der Waals surface area contributed by atoms with Crippen LogP contribution in [0.3, 0.4) is 0 Å². The highest BCUT2D eigenvalue weighted by molar-refractivity contribution is 5.69. The van der Waals surface area contributed by atoms with Crippen molar-refractivity contribution >= 4 is 5.97 Å². The van der Waals surface area contributed by atoms with E-state index in [1.165, 1.54) is 0 Å². The van der Waals surface area contributed by atoms with Gasteiger partial charge in [-0.05, 0) is 25.2 Å². The van der Waals surface area contributed by atoms with Gasteiger partial charge in [-0.25, -0.2) is 0 Å². The number of carboxylic acid groups (broad SMARTS) is 1. The summed E-state index contributed by atoms with van der Waals surface area (Å²) in [5.41, 5.74) is 0. The smallest absolute Gasteiger partial charge is 0.306 e. The van der Waals surface area contributed by atoms with Crippen molar-refractivity contribution in [2.75, 3.05) is 13.2 Å². The molecule has 0 radical (unpaired) electrons. The maximum atomic E-state index is 10.5. The third-order valence-corrected chi connectivity index (χ3v) is 2.45. The molecule has 1 aliphatic rings. The van der Waals surface area contributed by atoms with Gasteiger partial charge in [0.15, 0.2) is 0 Å². The van der Waals surface area contributed by atoms with E-state index < -0.39 is 5.97 Å². The van der Waals surface area contributed by atoms with Gasteiger partial charge in [0.25, 0.3) is 0 Å². The third kappa shape index (κ3) is 2.81. The standard InChI is InChI=1S/C9H16O3/c1-7(9(10)11)2-3-8-4-5-12-6-8/h7-8H,2-6H2,1H3,(H,10,11). The summed E-state index contributed by atoms with van der Waals surface area (Å²) >= 11 is 0. The molecular formula is C9H16O3. The molecule has 1 aliphatic heterocycles. The van der Waals surface area contributed by atoms with Gasteiger partial charge >= 0.3 is 5.97 Å². The molecule has 0 aliphatic carbocycles. The van der Waals surface area contributed by atoms with Crippen LogP contribution in [0.25, 0.3) is 0 Å². The monoisotopic (exact) mass is 172 g/mol. The summed E-state index contributed by atoms with van der Waals surface area (Å²) in [5, 5.41) is 8.62. The Morgan fingerprint density at radius 2 is 2.50 bits per heavy atom. The van der Waals surface area contributed by atoms with Gasteiger partial charge in [-0.2, -0.15) is 0 Å². The van der Waals surface area contributed by atoms with Gasteiger partial charge in [-0.1, -0.05) is 6.92 Å². The van der Waals surface area contributed by atoms with Crippen LogP contribution in [0.4, 0.5) is 0 Å². The quantitative estimate of drug-likeness (QED) is 0.699. The van der Waals surface area contributed by atoms with Gasteiger partial charge in [0.2, 0.25) is 0 Å². The van der Waals surface area contributed by atoms with Crippen LogP contribution >= 0.6 is 0 Å². The molecule has 0 amide bonds. The zero-order chi connectivity index (χ0) is 8.97. The molecule has 1 N–H and O–H groups in total. The van der Waals surface area contributed by atoms with Crippen molar-refractivity contribution < 1.29 is 14.6 Å². The second-order valence-electron chi connectivity index (χ2n) is 3.55. The molecule has 0 bridgehead atoms. The van der Waals surface area contributed by atoms with Crippen molar-refractivity contribution in [3.8, 4) is 0 Å². The fourth-order valence-electron chi connectivity index (χ4n) is 1.42. The van der Waals surface area contributed by atoms with Gasteiger partial charge in [0.1, 0.15) is 0 Å². The molecule has 0 spiro atoms. The van der Waals surface area contributed by atoms with E-state index in [0.717, 1.165) is 32.5 Å². The largest absolute Gasteiger partial charge is 0.481 e. The van der Waals surface area contributed by atoms with Crippen LogP contribution in [0.2, 0.25) is 0 Å². The van der Waals surface area contributed by atoms with Gasteiger partial charge in [-0.15, -0.1) is 0 Å². The minimum Gasteiger partial charge on any atom is -0.481 e. The lowest BCUT2D eigenvalue weighted by Gasteiger charge is -2.09. The van der Waals surface area contributed by atoms with E-state index in [1.54, 1.807) is 6.92 Å². The topological polar surface area (TPSA) is 46.5 Å². The van der Waals surface area contributed by atoms with E-state index in [4.69, 9.17) is 9.84 Å². The molecule has 0 saturated carbocycles. The van der Waals surface area contributed by atoms with Crippen LogP contribution in [-0.2, 0) is 9.53 Å². The fourth-order valence-corrected chi connectivity index (χ4v) is 1.42. The number of hydrogen-bond donors (Lipinski definition) is 1. The summed E-state index contributed by atoms with van der Waals surface area (Å²) in [6.07, 6.45) is 2.88. The van der Waals surface area contributed by atoms with Gasteiger partial charge in [0.05, 0.1) is 5.92 Å². The predicted octanol–water partition coefficient (Wildman–Crippen LogP) is 1.52. The van der Waals surface area contributed by atoms with Crippen LogP contribution in [0.5, 0.6) is 0 Å². The summed E-state index contributed by atoms with van der Waals surface area (Å²) in [6.45, 7) is 3.44. The number of hydrogen-bond acceptors (Lipinski definition) is 2. The molecule has 2 atom stereocenters. The molecule has 1 saturated heterocycles. The predicted molar refractivity (Wildman–Crippen MR) is 45.0 cm³/mol. The Bertz CT molecular complexity index is 150. The van der Waals surface area contributed by atoms with Crippen molar-refractivity contribution in [3.63, 3.8) is 0 Å². The molecule has 0 aromatic carbocycles. The van der Waals surface area contributed by atoms with Crippen molar-refractivity contribution in [2.45, 2.75) is 26.2 Å². The molecule has 12 heavy (non-hydrogen) atoms. The highest BCUT2D eigenvalue weighted by atomic mass is 16.5. The average Bonchev–Trinajstić information content (AvgIpc) is 2.51. The Kier molecular flexibility index (Phi) is 3.53. The van der Waals surface area contributed by atoms with E-state index in [9.17, 15) is 4.79 Å². The first-order chi connectivity index (χ1) is 5.70. The lowest BCUT2D eigenvalue weighted by Crippen LogP contribution is -2.11. The Morgan fingerprint density at radius 3 is 3.00 bits per heavy atom. The zero-order valence-electron chi connectivity index (χ0n) is 7.45. The first-order valence-corrected chi connectivity index (χ1v) is 4.50. The maximum absolute atomic E-state index is 10.5. The Balaban J connectivity index is 2.11. The Labute approximate surface area is 72.7 Å². The second kappa shape index (κ2) is 4.45. The van der Waals surface area contributed by atoms with E-state index >= 15 is 0 Å². The zero-order valence-corrected chi connectivity index (χ0v) is 7.45. The Hall–Kier alpha value is -0.570. The summed E-state index contributed by atoms with van der Waals surface area (Å²) in [6, 6.07) is 0. The number of carbonyl (C=O) groups is 1. The van der Waals surface area contributed by atoms with E-state index in [2.05, 4.69) is 0 Å². The van der Waals surface area contributed by atoms with Crippen LogP contribution in [0.15, 0.2) is 0 Å². The minimum absolute atomic E-state index is 0.203. The number of carboxylic acids is 1. The first kappa shape index (κ1) is 9.52. The van der Waals surface area contributed by atoms with Crippen LogP contribution in [-0.4, -0.2) is 24.3 Å². The van der Waals surface area contributed by atoms with Crippen molar-refractivity contribution in [3.05, 3.63) is 0 Å². The number of aliphatic carboxylic acids is 1. The first-order valence-electron chi connectivity index (χ1n) is 4.50. The normalized spacial score (nSPS) is 25.6. The third-order valence-electron chi connectivity index (χ3n) is 2.45. The van der Waals surface area contributed by atoms with Crippen LogP contribution in [0.1, 0.15) is 26.2 Å². The molecule has 1 heterocycles. The van der Waals surface area contributed by atoms with Crippen molar-refractivity contribution in [1.82, 2.24) is 0 Å². The maximum Gasteiger partial charge on any atom is 0.306 e. The van der Waals surface area contributed by atoms with E-state index in [0.29, 0.717) is 5.92 Å². The summed E-state index contributed by atoms with van der Waals surface area (Å²) in [4.78, 5) is 10.5. The molecule has 0 aromatic heterocycles. The van der Waals surface area contributed by atoms with Gasteiger partial charge in [0, 0.05) is 13.2 Å². The van der Waals surface area contributed by atoms with Crippen LogP contribution < -0.4 is 0 Å². The number of ether oxygens (including phenoxy) is 1. The minimum atomic E-state index is -0.686. The summed E-state index contributed by atoms with van der Waals surface area (Å²) < 4.78 is 5.20. The fraction of sp³-hybridized carbons (Fsp3) is 0.889. The van der Waals surface area contributed by atoms with Gasteiger partial charge < -0.3 is 9.84 Å². The highest BCUT2D eigenvalue weighted by Gasteiger charge is 2.18. The second-order valence-corrected chi connectivity index (χ2v) is 3.55. The molecule has 1 rings (SSSR count). The molecule has 0 aromatic rings. The molecule has 3 heteroatoms. The number of rotatable bonds is 4. The highest BCUT2D eigenvalue weighted by Crippen LogP contribution is 2.20. The molecule has 1 fully saturated rings. The van der Waals surface area contributed by atoms with Crippen molar-refractivity contribution in [1.29, 1.82) is 0 Å². The van der Waals surface area contributed by atoms with Crippen LogP contribution in [0, 0.1) is 11.8 Å². The molecule has 70 valence electrons. The van der Waals surface area contributed by atoms with Gasteiger partial charge in [-0.3, -0.25) is 4.79 Å². The average molecular weight is 172 g/mol. The van der Waals surface area contributed by atoms with E-state index in [-0.39, 0.29) is 5.92 Å². The molecular weight excluding hydrogens is 156 g/mol. The van der Waals surface area contributed by atoms with E-state index in [1.807, 2.05) is 0 Å². The lowest BCUT2D eigenvalue weighted by atomic mass is 9.96. The summed E-state index contributed by atoms with van der Waals surface area (Å²) in [7, 11) is 0. The molecule has 2 unspecified atom stereocenters. The Morgan fingerprint density at radius 1 is 1.75 bits per heavy atom. The SMILES string of the molecule is CC(CCC1CCOC1)C(=O)O. The van der Waals surface area contributed by atoms with Crippen molar-refractivity contribution in [2.24, 2.45) is 11.8 Å². The molecule has 3 nitrogen and oxygen atoms in total. The summed E-state index contributed by atoms with van der Waals surface area (Å²) in [5.74, 6) is -0.286.